The van der Waals surface area contributed by atoms with Gasteiger partial charge in [-0.05, 0) is 45.3 Å². The fourth-order valence-electron chi connectivity index (χ4n) is 2.43. The molecular weight excluding hydrogens is 284 g/mol. The van der Waals surface area contributed by atoms with Crippen molar-refractivity contribution in [1.82, 2.24) is 5.32 Å². The fourth-order valence-corrected chi connectivity index (χ4v) is 2.43. The lowest BCUT2D eigenvalue weighted by atomic mass is 9.79. The van der Waals surface area contributed by atoms with E-state index in [0.717, 1.165) is 13.1 Å². The molecule has 22 heavy (non-hydrogen) atoms. The summed E-state index contributed by atoms with van der Waals surface area (Å²) in [5, 5.41) is 3.17. The molecular formula is C16H23BFNO3. The van der Waals surface area contributed by atoms with E-state index in [1.54, 1.807) is 12.1 Å². The van der Waals surface area contributed by atoms with Crippen LogP contribution in [0.1, 0.15) is 27.7 Å². The Morgan fingerprint density at radius 1 is 1.23 bits per heavy atom. The molecule has 1 aromatic carbocycles. The largest absolute Gasteiger partial charge is 0.494 e. The van der Waals surface area contributed by atoms with E-state index in [0.29, 0.717) is 18.0 Å². The van der Waals surface area contributed by atoms with Gasteiger partial charge in [0.1, 0.15) is 0 Å². The number of rotatable bonds is 4. The summed E-state index contributed by atoms with van der Waals surface area (Å²) < 4.78 is 31.6. The zero-order chi connectivity index (χ0) is 16.0. The summed E-state index contributed by atoms with van der Waals surface area (Å²) in [7, 11) is -0.551. The van der Waals surface area contributed by atoms with E-state index in [2.05, 4.69) is 5.32 Å². The van der Waals surface area contributed by atoms with Gasteiger partial charge in [0, 0.05) is 19.0 Å². The van der Waals surface area contributed by atoms with Gasteiger partial charge >= 0.3 is 7.12 Å². The Balaban J connectivity index is 1.69. The Bertz CT molecular complexity index is 544. The molecule has 1 N–H and O–H groups in total. The van der Waals surface area contributed by atoms with Crippen molar-refractivity contribution in [3.8, 4) is 5.75 Å². The standard InChI is InChI=1S/C16H23BFNO3/c1-15(2)16(3,4)22-17(21-15)12-5-6-14(13(18)7-12)20-10-11-8-19-9-11/h5-7,11,19H,8-10H2,1-4H3. The van der Waals surface area contributed by atoms with Gasteiger partial charge in [0.15, 0.2) is 11.6 Å². The van der Waals surface area contributed by atoms with Gasteiger partial charge in [0.2, 0.25) is 0 Å². The number of halogens is 1. The van der Waals surface area contributed by atoms with Crippen molar-refractivity contribution < 1.29 is 18.4 Å². The van der Waals surface area contributed by atoms with Crippen molar-refractivity contribution >= 4 is 12.6 Å². The molecule has 0 amide bonds. The van der Waals surface area contributed by atoms with Crippen molar-refractivity contribution in [3.63, 3.8) is 0 Å². The van der Waals surface area contributed by atoms with Crippen LogP contribution in [0.15, 0.2) is 18.2 Å². The van der Waals surface area contributed by atoms with E-state index < -0.39 is 18.3 Å². The second-order valence-corrected chi connectivity index (χ2v) is 7.11. The van der Waals surface area contributed by atoms with Gasteiger partial charge < -0.3 is 19.4 Å². The van der Waals surface area contributed by atoms with Crippen LogP contribution in [-0.2, 0) is 9.31 Å². The first-order valence-electron chi connectivity index (χ1n) is 7.77. The smallest absolute Gasteiger partial charge is 0.490 e. The molecule has 0 aromatic heterocycles. The molecule has 2 saturated heterocycles. The second-order valence-electron chi connectivity index (χ2n) is 7.11. The molecule has 0 aliphatic carbocycles. The predicted molar refractivity (Wildman–Crippen MR) is 84.0 cm³/mol. The normalized spacial score (nSPS) is 23.4. The van der Waals surface area contributed by atoms with Gasteiger partial charge in [-0.3, -0.25) is 0 Å². The maximum absolute atomic E-state index is 14.2. The molecule has 0 spiro atoms. The van der Waals surface area contributed by atoms with Crippen LogP contribution in [0.25, 0.3) is 0 Å². The van der Waals surface area contributed by atoms with Crippen LogP contribution in [0, 0.1) is 11.7 Å². The van der Waals surface area contributed by atoms with Crippen molar-refractivity contribution in [1.29, 1.82) is 0 Å². The number of hydrogen-bond donors (Lipinski definition) is 1. The Morgan fingerprint density at radius 3 is 2.36 bits per heavy atom. The highest BCUT2D eigenvalue weighted by Crippen LogP contribution is 2.36. The van der Waals surface area contributed by atoms with Crippen LogP contribution in [-0.4, -0.2) is 38.0 Å². The van der Waals surface area contributed by atoms with Crippen molar-refractivity contribution in [2.75, 3.05) is 19.7 Å². The molecule has 0 atom stereocenters. The number of hydrogen-bond acceptors (Lipinski definition) is 4. The highest BCUT2D eigenvalue weighted by molar-refractivity contribution is 6.62. The quantitative estimate of drug-likeness (QED) is 0.860. The predicted octanol–water partition coefficient (Wildman–Crippen LogP) is 1.72. The lowest BCUT2D eigenvalue weighted by molar-refractivity contribution is 0.00578. The van der Waals surface area contributed by atoms with Crippen LogP contribution in [0.3, 0.4) is 0 Å². The first-order chi connectivity index (χ1) is 10.3. The second kappa shape index (κ2) is 5.51. The summed E-state index contributed by atoms with van der Waals surface area (Å²) in [6.07, 6.45) is 0. The highest BCUT2D eigenvalue weighted by atomic mass is 19.1. The van der Waals surface area contributed by atoms with Gasteiger partial charge in [-0.25, -0.2) is 4.39 Å². The van der Waals surface area contributed by atoms with Crippen molar-refractivity contribution in [2.24, 2.45) is 5.92 Å². The molecule has 1 aromatic rings. The topological polar surface area (TPSA) is 39.7 Å². The number of benzene rings is 1. The number of ether oxygens (including phenoxy) is 1. The molecule has 2 heterocycles. The molecule has 0 saturated carbocycles. The third-order valence-electron chi connectivity index (χ3n) is 4.82. The zero-order valence-electron chi connectivity index (χ0n) is 13.6. The molecule has 0 unspecified atom stereocenters. The maximum Gasteiger partial charge on any atom is 0.494 e. The third-order valence-corrected chi connectivity index (χ3v) is 4.82. The van der Waals surface area contributed by atoms with Crippen molar-refractivity contribution in [3.05, 3.63) is 24.0 Å². The van der Waals surface area contributed by atoms with E-state index in [-0.39, 0.29) is 11.6 Å². The molecule has 0 radical (unpaired) electrons. The number of nitrogens with one attached hydrogen (secondary N) is 1. The minimum absolute atomic E-state index is 0.284. The van der Waals surface area contributed by atoms with E-state index in [9.17, 15) is 4.39 Å². The summed E-state index contributed by atoms with van der Waals surface area (Å²) in [5.74, 6) is 0.383. The van der Waals surface area contributed by atoms with E-state index >= 15 is 0 Å². The molecule has 2 fully saturated rings. The molecule has 6 heteroatoms. The Hall–Kier alpha value is -1.11. The Morgan fingerprint density at radius 2 is 1.86 bits per heavy atom. The van der Waals surface area contributed by atoms with Crippen LogP contribution in [0.2, 0.25) is 0 Å². The molecule has 2 aliphatic rings. The monoisotopic (exact) mass is 307 g/mol. The minimum Gasteiger partial charge on any atom is -0.490 e. The average Bonchev–Trinajstić information content (AvgIpc) is 2.58. The highest BCUT2D eigenvalue weighted by Gasteiger charge is 2.51. The molecule has 4 nitrogen and oxygen atoms in total. The molecule has 2 aliphatic heterocycles. The third kappa shape index (κ3) is 2.87. The molecule has 120 valence electrons. The zero-order valence-corrected chi connectivity index (χ0v) is 13.6. The van der Waals surface area contributed by atoms with Crippen LogP contribution >= 0.6 is 0 Å². The van der Waals surface area contributed by atoms with Gasteiger partial charge in [0.25, 0.3) is 0 Å². The van der Waals surface area contributed by atoms with Crippen LogP contribution in [0.4, 0.5) is 4.39 Å². The first kappa shape index (κ1) is 15.8. The minimum atomic E-state index is -0.551. The van der Waals surface area contributed by atoms with Crippen LogP contribution in [0.5, 0.6) is 5.75 Å². The van der Waals surface area contributed by atoms with Gasteiger partial charge in [-0.2, -0.15) is 0 Å². The Kier molecular flexibility index (Phi) is 3.95. The summed E-state index contributed by atoms with van der Waals surface area (Å²) in [4.78, 5) is 0. The van der Waals surface area contributed by atoms with Gasteiger partial charge in [-0.15, -0.1) is 0 Å². The SMILES string of the molecule is CC1(C)OB(c2ccc(OCC3CNC3)c(F)c2)OC1(C)C. The first-order valence-corrected chi connectivity index (χ1v) is 7.77. The summed E-state index contributed by atoms with van der Waals surface area (Å²) in [6, 6.07) is 4.90. The van der Waals surface area contributed by atoms with E-state index in [1.165, 1.54) is 6.07 Å². The maximum atomic E-state index is 14.2. The van der Waals surface area contributed by atoms with E-state index in [1.807, 2.05) is 27.7 Å². The molecule has 3 rings (SSSR count). The summed E-state index contributed by atoms with van der Waals surface area (Å²) in [6.45, 7) is 10.3. The van der Waals surface area contributed by atoms with Gasteiger partial charge in [-0.1, -0.05) is 6.07 Å². The summed E-state index contributed by atoms with van der Waals surface area (Å²) in [5.41, 5.74) is -0.185. The average molecular weight is 307 g/mol. The fraction of sp³-hybridized carbons (Fsp3) is 0.625. The molecule has 0 bridgehead atoms. The lowest BCUT2D eigenvalue weighted by Crippen LogP contribution is -2.45. The van der Waals surface area contributed by atoms with Crippen LogP contribution < -0.4 is 15.5 Å². The van der Waals surface area contributed by atoms with Gasteiger partial charge in [0.05, 0.1) is 17.8 Å². The summed E-state index contributed by atoms with van der Waals surface area (Å²) >= 11 is 0. The van der Waals surface area contributed by atoms with Crippen molar-refractivity contribution in [2.45, 2.75) is 38.9 Å². The lowest BCUT2D eigenvalue weighted by Gasteiger charge is -2.32. The van der Waals surface area contributed by atoms with E-state index in [4.69, 9.17) is 14.0 Å². The Labute approximate surface area is 131 Å².